The Bertz CT molecular complexity index is 1650. The molecule has 5 aromatic rings. The Balaban J connectivity index is 1.18. The summed E-state index contributed by atoms with van der Waals surface area (Å²) in [7, 11) is 1.65. The predicted octanol–water partition coefficient (Wildman–Crippen LogP) is 6.45. The molecule has 8 heteroatoms. The maximum Gasteiger partial charge on any atom is 0.307 e. The van der Waals surface area contributed by atoms with Crippen LogP contribution in [0.5, 0.6) is 11.5 Å². The molecule has 0 spiro atoms. The van der Waals surface area contributed by atoms with Gasteiger partial charge in [0.1, 0.15) is 23.9 Å². The summed E-state index contributed by atoms with van der Waals surface area (Å²) in [6.45, 7) is 8.39. The second-order valence-electron chi connectivity index (χ2n) is 9.56. The number of amides is 1. The lowest BCUT2D eigenvalue weighted by molar-refractivity contribution is 0.0923. The fourth-order valence-corrected chi connectivity index (χ4v) is 4.78. The molecule has 2 aromatic carbocycles. The third-order valence-electron chi connectivity index (χ3n) is 6.78. The number of carbonyl (C=O) groups is 1. The molecular weight excluding hydrogens is 504 g/mol. The summed E-state index contributed by atoms with van der Waals surface area (Å²) in [5.74, 6) is 1.76. The molecule has 0 bridgehead atoms. The molecule has 0 aliphatic rings. The van der Waals surface area contributed by atoms with Gasteiger partial charge in [-0.1, -0.05) is 6.07 Å². The number of aryl methyl sites for hydroxylation is 3. The summed E-state index contributed by atoms with van der Waals surface area (Å²) in [5.41, 5.74) is 9.88. The number of methoxy groups -OCH3 is 1. The number of rotatable bonds is 9. The van der Waals surface area contributed by atoms with Crippen LogP contribution in [0.4, 0.5) is 0 Å². The first kappa shape index (κ1) is 26.6. The van der Waals surface area contributed by atoms with Gasteiger partial charge in [0.05, 0.1) is 13.3 Å². The number of hydrogen-bond donors (Lipinski definition) is 1. The quantitative estimate of drug-likeness (QED) is 0.173. The molecule has 40 heavy (non-hydrogen) atoms. The standard InChI is InChI=1S/C32H32N4O4/c1-21-9-10-22(2)35(21)26-11-13-28(14-12-26)39-20-30-15-16-31(40-30)32(37)34-33-19-25-17-23(3)36(24(25)4)27-7-6-8-29(18-27)38-5/h6-19H,20H2,1-5H3,(H,34,37)/b33-19+. The maximum absolute atomic E-state index is 12.6. The van der Waals surface area contributed by atoms with Crippen LogP contribution in [0, 0.1) is 27.7 Å². The van der Waals surface area contributed by atoms with Gasteiger partial charge in [-0.05, 0) is 94.4 Å². The zero-order valence-electron chi connectivity index (χ0n) is 23.3. The Kier molecular flexibility index (Phi) is 7.59. The molecule has 204 valence electrons. The molecule has 0 saturated heterocycles. The minimum absolute atomic E-state index is 0.159. The van der Waals surface area contributed by atoms with Crippen LogP contribution in [0.15, 0.2) is 88.4 Å². The van der Waals surface area contributed by atoms with E-state index < -0.39 is 5.91 Å². The van der Waals surface area contributed by atoms with Crippen molar-refractivity contribution in [1.82, 2.24) is 14.6 Å². The first-order valence-corrected chi connectivity index (χ1v) is 13.0. The predicted molar refractivity (Wildman–Crippen MR) is 155 cm³/mol. The average molecular weight is 537 g/mol. The van der Waals surface area contributed by atoms with E-state index in [1.807, 2.05) is 68.4 Å². The van der Waals surface area contributed by atoms with Crippen LogP contribution in [0.2, 0.25) is 0 Å². The molecule has 3 heterocycles. The van der Waals surface area contributed by atoms with Crippen molar-refractivity contribution in [2.24, 2.45) is 5.10 Å². The van der Waals surface area contributed by atoms with Crippen molar-refractivity contribution in [3.63, 3.8) is 0 Å². The topological polar surface area (TPSA) is 82.9 Å². The van der Waals surface area contributed by atoms with Gasteiger partial charge in [0.15, 0.2) is 5.76 Å². The van der Waals surface area contributed by atoms with Gasteiger partial charge < -0.3 is 23.0 Å². The first-order valence-electron chi connectivity index (χ1n) is 13.0. The van der Waals surface area contributed by atoms with E-state index in [1.165, 1.54) is 11.4 Å². The molecule has 0 atom stereocenters. The van der Waals surface area contributed by atoms with E-state index in [0.29, 0.717) is 11.5 Å². The van der Waals surface area contributed by atoms with Crippen molar-refractivity contribution in [2.45, 2.75) is 34.3 Å². The molecule has 0 aliphatic heterocycles. The highest BCUT2D eigenvalue weighted by Gasteiger charge is 2.13. The number of benzene rings is 2. The highest BCUT2D eigenvalue weighted by atomic mass is 16.5. The molecule has 0 radical (unpaired) electrons. The Morgan fingerprint density at radius 3 is 2.33 bits per heavy atom. The van der Waals surface area contributed by atoms with E-state index in [2.05, 4.69) is 45.6 Å². The lowest BCUT2D eigenvalue weighted by Crippen LogP contribution is -2.16. The molecule has 3 aromatic heterocycles. The Morgan fingerprint density at radius 2 is 1.60 bits per heavy atom. The van der Waals surface area contributed by atoms with Crippen LogP contribution < -0.4 is 14.9 Å². The van der Waals surface area contributed by atoms with Crippen LogP contribution in [-0.2, 0) is 6.61 Å². The summed E-state index contributed by atoms with van der Waals surface area (Å²) in [6, 6.07) is 25.3. The van der Waals surface area contributed by atoms with Gasteiger partial charge in [0, 0.05) is 45.8 Å². The van der Waals surface area contributed by atoms with E-state index in [1.54, 1.807) is 25.5 Å². The Hall–Kier alpha value is -4.98. The lowest BCUT2D eigenvalue weighted by Gasteiger charge is -2.11. The van der Waals surface area contributed by atoms with Gasteiger partial charge in [-0.2, -0.15) is 5.10 Å². The van der Waals surface area contributed by atoms with E-state index in [-0.39, 0.29) is 12.4 Å². The van der Waals surface area contributed by atoms with Gasteiger partial charge >= 0.3 is 5.91 Å². The summed E-state index contributed by atoms with van der Waals surface area (Å²) in [5, 5.41) is 4.15. The van der Waals surface area contributed by atoms with Gasteiger partial charge in [-0.15, -0.1) is 0 Å². The summed E-state index contributed by atoms with van der Waals surface area (Å²) in [6.07, 6.45) is 1.63. The van der Waals surface area contributed by atoms with Crippen LogP contribution in [0.1, 0.15) is 44.7 Å². The van der Waals surface area contributed by atoms with E-state index in [0.717, 1.165) is 34.1 Å². The van der Waals surface area contributed by atoms with Gasteiger partial charge in [0.25, 0.3) is 0 Å². The second-order valence-corrected chi connectivity index (χ2v) is 9.56. The number of furan rings is 1. The zero-order chi connectivity index (χ0) is 28.2. The largest absolute Gasteiger partial charge is 0.497 e. The normalized spacial score (nSPS) is 11.2. The highest BCUT2D eigenvalue weighted by Crippen LogP contribution is 2.23. The van der Waals surface area contributed by atoms with E-state index >= 15 is 0 Å². The number of aromatic nitrogens is 2. The van der Waals surface area contributed by atoms with E-state index in [9.17, 15) is 4.79 Å². The molecular formula is C32H32N4O4. The molecule has 0 aliphatic carbocycles. The first-order chi connectivity index (χ1) is 19.3. The average Bonchev–Trinajstić information content (AvgIpc) is 3.65. The number of nitrogens with zero attached hydrogens (tertiary/aromatic N) is 3. The van der Waals surface area contributed by atoms with Gasteiger partial charge in [-0.3, -0.25) is 4.79 Å². The highest BCUT2D eigenvalue weighted by molar-refractivity contribution is 5.92. The van der Waals surface area contributed by atoms with Crippen molar-refractivity contribution < 1.29 is 18.7 Å². The van der Waals surface area contributed by atoms with Crippen LogP contribution in [0.3, 0.4) is 0 Å². The van der Waals surface area contributed by atoms with Crippen molar-refractivity contribution >= 4 is 12.1 Å². The SMILES string of the molecule is COc1cccc(-n2c(C)cc(/C=N/NC(=O)c3ccc(COc4ccc(-n5c(C)ccc5C)cc4)o3)c2C)c1. The molecule has 0 fully saturated rings. The van der Waals surface area contributed by atoms with Crippen molar-refractivity contribution in [2.75, 3.05) is 7.11 Å². The summed E-state index contributed by atoms with van der Waals surface area (Å²) < 4.78 is 21.2. The smallest absolute Gasteiger partial charge is 0.307 e. The maximum atomic E-state index is 12.6. The number of nitrogens with one attached hydrogen (secondary N) is 1. The Labute approximate surface area is 233 Å². The van der Waals surface area contributed by atoms with Crippen molar-refractivity contribution in [3.05, 3.63) is 119 Å². The number of carbonyl (C=O) groups excluding carboxylic acids is 1. The van der Waals surface area contributed by atoms with Crippen LogP contribution in [0.25, 0.3) is 11.4 Å². The fourth-order valence-electron chi connectivity index (χ4n) is 4.78. The molecule has 1 amide bonds. The molecule has 8 nitrogen and oxygen atoms in total. The number of hydrogen-bond acceptors (Lipinski definition) is 5. The van der Waals surface area contributed by atoms with E-state index in [4.69, 9.17) is 13.9 Å². The molecule has 5 rings (SSSR count). The zero-order valence-corrected chi connectivity index (χ0v) is 23.3. The molecule has 1 N–H and O–H groups in total. The van der Waals surface area contributed by atoms with Crippen LogP contribution in [-0.4, -0.2) is 28.4 Å². The fraction of sp³-hybridized carbons (Fsp3) is 0.188. The van der Waals surface area contributed by atoms with Crippen molar-refractivity contribution in [1.29, 1.82) is 0 Å². The van der Waals surface area contributed by atoms with Gasteiger partial charge in [0.2, 0.25) is 0 Å². The third kappa shape index (κ3) is 5.56. The third-order valence-corrected chi connectivity index (χ3v) is 6.78. The molecule has 0 unspecified atom stereocenters. The van der Waals surface area contributed by atoms with Crippen LogP contribution >= 0.6 is 0 Å². The van der Waals surface area contributed by atoms with Gasteiger partial charge in [-0.25, -0.2) is 5.43 Å². The number of ether oxygens (including phenoxy) is 2. The monoisotopic (exact) mass is 536 g/mol. The second kappa shape index (κ2) is 11.4. The lowest BCUT2D eigenvalue weighted by atomic mass is 10.2. The van der Waals surface area contributed by atoms with Crippen molar-refractivity contribution in [3.8, 4) is 22.9 Å². The molecule has 0 saturated carbocycles. The Morgan fingerprint density at radius 1 is 0.850 bits per heavy atom. The number of hydrazone groups is 1. The minimum atomic E-state index is -0.439. The minimum Gasteiger partial charge on any atom is -0.497 e. The summed E-state index contributed by atoms with van der Waals surface area (Å²) >= 11 is 0. The summed E-state index contributed by atoms with van der Waals surface area (Å²) in [4.78, 5) is 12.6.